The molecule has 8 unspecified atom stereocenters. The molecular formula is C28H50O3. The number of rotatable bonds is 4. The summed E-state index contributed by atoms with van der Waals surface area (Å²) in [6.07, 6.45) is 12.6. The topological polar surface area (TPSA) is 60.7 Å². The summed E-state index contributed by atoms with van der Waals surface area (Å²) >= 11 is 0. The van der Waals surface area contributed by atoms with E-state index in [0.29, 0.717) is 23.7 Å². The number of fused-ring (bicyclic) bond motifs is 5. The SMILES string of the molecule is CC.CC(C)(O)CCCC1CCC2C3CC=C4CC(O)CCC4(C)C3C(C)(O)CC12C. The molecule has 0 aromatic carbocycles. The van der Waals surface area contributed by atoms with Crippen molar-refractivity contribution in [1.82, 2.24) is 0 Å². The predicted octanol–water partition coefficient (Wildman–Crippen LogP) is 6.25. The molecule has 4 aliphatic carbocycles. The van der Waals surface area contributed by atoms with E-state index in [1.807, 2.05) is 27.7 Å². The molecule has 4 aliphatic rings. The molecule has 0 aromatic heterocycles. The Morgan fingerprint density at radius 1 is 1.10 bits per heavy atom. The average molecular weight is 435 g/mol. The van der Waals surface area contributed by atoms with Crippen molar-refractivity contribution in [3.8, 4) is 0 Å². The standard InChI is InChI=1S/C26H44O3.C2H6/c1-23(2,28)13-6-7-17-9-11-21-20-10-8-18-15-19(27)12-14-24(18,3)22(20)26(5,29)16-25(17,21)4;1-2/h8,17,19-22,27-29H,6-7,9-16H2,1-5H3;1-2H3. The fourth-order valence-corrected chi connectivity index (χ4v) is 8.78. The molecule has 0 bridgehead atoms. The largest absolute Gasteiger partial charge is 0.393 e. The number of aliphatic hydroxyl groups is 3. The van der Waals surface area contributed by atoms with E-state index in [2.05, 4.69) is 26.8 Å². The van der Waals surface area contributed by atoms with Crippen LogP contribution in [0, 0.1) is 34.5 Å². The third-order valence-electron chi connectivity index (χ3n) is 9.81. The Kier molecular flexibility index (Phi) is 7.14. The van der Waals surface area contributed by atoms with Crippen LogP contribution < -0.4 is 0 Å². The third-order valence-corrected chi connectivity index (χ3v) is 9.81. The first kappa shape index (κ1) is 25.2. The lowest BCUT2D eigenvalue weighted by atomic mass is 9.43. The molecule has 0 amide bonds. The van der Waals surface area contributed by atoms with E-state index in [1.165, 1.54) is 24.8 Å². The van der Waals surface area contributed by atoms with Gasteiger partial charge in [-0.3, -0.25) is 0 Å². The van der Waals surface area contributed by atoms with Gasteiger partial charge in [-0.25, -0.2) is 0 Å². The van der Waals surface area contributed by atoms with Gasteiger partial charge in [0, 0.05) is 0 Å². The van der Waals surface area contributed by atoms with Crippen molar-refractivity contribution in [2.45, 2.75) is 130 Å². The maximum absolute atomic E-state index is 11.9. The van der Waals surface area contributed by atoms with E-state index in [9.17, 15) is 15.3 Å². The first-order valence-corrected chi connectivity index (χ1v) is 13.2. The third kappa shape index (κ3) is 4.53. The lowest BCUT2D eigenvalue weighted by Crippen LogP contribution is -2.61. The fraction of sp³-hybridized carbons (Fsp3) is 0.929. The molecule has 3 fully saturated rings. The van der Waals surface area contributed by atoms with Crippen molar-refractivity contribution in [2.75, 3.05) is 0 Å². The highest BCUT2D eigenvalue weighted by Gasteiger charge is 2.64. The summed E-state index contributed by atoms with van der Waals surface area (Å²) in [6, 6.07) is 0. The maximum Gasteiger partial charge on any atom is 0.0664 e. The first-order valence-electron chi connectivity index (χ1n) is 13.2. The molecule has 0 radical (unpaired) electrons. The van der Waals surface area contributed by atoms with Gasteiger partial charge in [-0.1, -0.05) is 45.8 Å². The van der Waals surface area contributed by atoms with Crippen molar-refractivity contribution < 1.29 is 15.3 Å². The van der Waals surface area contributed by atoms with E-state index < -0.39 is 11.2 Å². The summed E-state index contributed by atoms with van der Waals surface area (Å²) in [7, 11) is 0. The minimum absolute atomic E-state index is 0.0476. The van der Waals surface area contributed by atoms with Crippen molar-refractivity contribution in [3.63, 3.8) is 0 Å². The molecule has 8 atom stereocenters. The second kappa shape index (κ2) is 8.76. The molecule has 4 rings (SSSR count). The van der Waals surface area contributed by atoms with Crippen molar-refractivity contribution in [1.29, 1.82) is 0 Å². The number of aliphatic hydroxyl groups excluding tert-OH is 1. The lowest BCUT2D eigenvalue weighted by molar-refractivity contribution is -0.180. The van der Waals surface area contributed by atoms with Gasteiger partial charge in [0.2, 0.25) is 0 Å². The van der Waals surface area contributed by atoms with Crippen LogP contribution in [0.25, 0.3) is 0 Å². The van der Waals surface area contributed by atoms with E-state index in [0.717, 1.165) is 44.9 Å². The van der Waals surface area contributed by atoms with Crippen molar-refractivity contribution in [3.05, 3.63) is 11.6 Å². The van der Waals surface area contributed by atoms with E-state index >= 15 is 0 Å². The van der Waals surface area contributed by atoms with E-state index in [1.54, 1.807) is 0 Å². The second-order valence-electron chi connectivity index (χ2n) is 12.5. The minimum Gasteiger partial charge on any atom is -0.393 e. The van der Waals surface area contributed by atoms with Crippen LogP contribution in [-0.4, -0.2) is 32.6 Å². The smallest absolute Gasteiger partial charge is 0.0664 e. The molecule has 0 aromatic rings. The molecule has 0 saturated heterocycles. The molecule has 0 heterocycles. The second-order valence-corrected chi connectivity index (χ2v) is 12.5. The van der Waals surface area contributed by atoms with Gasteiger partial charge in [-0.05, 0) is 113 Å². The summed E-state index contributed by atoms with van der Waals surface area (Å²) in [5, 5.41) is 32.2. The molecule has 3 N–H and O–H groups in total. The van der Waals surface area contributed by atoms with Gasteiger partial charge in [0.05, 0.1) is 17.3 Å². The summed E-state index contributed by atoms with van der Waals surface area (Å²) in [5.41, 5.74) is 0.450. The monoisotopic (exact) mass is 434 g/mol. The van der Waals surface area contributed by atoms with Gasteiger partial charge in [-0.2, -0.15) is 0 Å². The van der Waals surface area contributed by atoms with Crippen molar-refractivity contribution in [2.24, 2.45) is 34.5 Å². The van der Waals surface area contributed by atoms with Crippen LogP contribution in [0.5, 0.6) is 0 Å². The Bertz CT molecular complexity index is 660. The summed E-state index contributed by atoms with van der Waals surface area (Å²) in [5.74, 6) is 2.23. The van der Waals surface area contributed by atoms with Crippen LogP contribution in [0.3, 0.4) is 0 Å². The molecule has 3 nitrogen and oxygen atoms in total. The van der Waals surface area contributed by atoms with Crippen LogP contribution >= 0.6 is 0 Å². The Balaban J connectivity index is 0.00000132. The van der Waals surface area contributed by atoms with Gasteiger partial charge in [0.15, 0.2) is 0 Å². The molecule has 0 aliphatic heterocycles. The molecule has 31 heavy (non-hydrogen) atoms. The van der Waals surface area contributed by atoms with Crippen LogP contribution in [-0.2, 0) is 0 Å². The minimum atomic E-state index is -0.648. The summed E-state index contributed by atoms with van der Waals surface area (Å²) in [4.78, 5) is 0. The summed E-state index contributed by atoms with van der Waals surface area (Å²) < 4.78 is 0. The first-order chi connectivity index (χ1) is 14.4. The van der Waals surface area contributed by atoms with Crippen molar-refractivity contribution >= 4 is 0 Å². The average Bonchev–Trinajstić information content (AvgIpc) is 2.97. The number of hydrogen-bond acceptors (Lipinski definition) is 3. The molecule has 3 heteroatoms. The summed E-state index contributed by atoms with van der Waals surface area (Å²) in [6.45, 7) is 14.8. The van der Waals surface area contributed by atoms with E-state index in [4.69, 9.17) is 0 Å². The van der Waals surface area contributed by atoms with Gasteiger partial charge in [0.25, 0.3) is 0 Å². The number of hydrogen-bond donors (Lipinski definition) is 3. The Morgan fingerprint density at radius 2 is 1.77 bits per heavy atom. The molecule has 3 saturated carbocycles. The van der Waals surface area contributed by atoms with Gasteiger partial charge >= 0.3 is 0 Å². The highest BCUT2D eigenvalue weighted by Crippen LogP contribution is 2.69. The Morgan fingerprint density at radius 3 is 2.42 bits per heavy atom. The number of allylic oxidation sites excluding steroid dienone is 1. The molecule has 0 spiro atoms. The molecule has 180 valence electrons. The fourth-order valence-electron chi connectivity index (χ4n) is 8.78. The maximum atomic E-state index is 11.9. The lowest BCUT2D eigenvalue weighted by Gasteiger charge is -2.63. The Hall–Kier alpha value is -0.380. The highest BCUT2D eigenvalue weighted by atomic mass is 16.3. The zero-order chi connectivity index (χ0) is 23.2. The zero-order valence-electron chi connectivity index (χ0n) is 21.4. The van der Waals surface area contributed by atoms with Crippen LogP contribution in [0.1, 0.15) is 113 Å². The van der Waals surface area contributed by atoms with Crippen LogP contribution in [0.2, 0.25) is 0 Å². The Labute approximate surface area is 191 Å². The van der Waals surface area contributed by atoms with Crippen LogP contribution in [0.15, 0.2) is 11.6 Å². The molecular weight excluding hydrogens is 384 g/mol. The van der Waals surface area contributed by atoms with Gasteiger partial charge < -0.3 is 15.3 Å². The zero-order valence-corrected chi connectivity index (χ0v) is 21.4. The normalized spacial score (nSPS) is 46.8. The quantitative estimate of drug-likeness (QED) is 0.458. The van der Waals surface area contributed by atoms with Gasteiger partial charge in [0.1, 0.15) is 0 Å². The van der Waals surface area contributed by atoms with Gasteiger partial charge in [-0.15, -0.1) is 0 Å². The highest BCUT2D eigenvalue weighted by molar-refractivity contribution is 5.28. The van der Waals surface area contributed by atoms with E-state index in [-0.39, 0.29) is 16.9 Å². The van der Waals surface area contributed by atoms with Crippen LogP contribution in [0.4, 0.5) is 0 Å². The predicted molar refractivity (Wildman–Crippen MR) is 129 cm³/mol.